The average molecular weight is 516 g/mol. The molecule has 1 saturated heterocycles. The normalized spacial score (nSPS) is 14.9. The summed E-state index contributed by atoms with van der Waals surface area (Å²) >= 11 is 12.8. The fraction of sp³-hybridized carbons (Fsp3) is 0.300. The fourth-order valence-electron chi connectivity index (χ4n) is 3.49. The number of benzene rings is 2. The molecule has 13 heteroatoms. The molecular formula is C20H20Cl2FN5O4S. The van der Waals surface area contributed by atoms with Gasteiger partial charge >= 0.3 is 10.2 Å². The van der Waals surface area contributed by atoms with Crippen molar-refractivity contribution < 1.29 is 17.5 Å². The van der Waals surface area contributed by atoms with E-state index in [2.05, 4.69) is 15.0 Å². The van der Waals surface area contributed by atoms with Crippen LogP contribution in [0.2, 0.25) is 10.0 Å². The quantitative estimate of drug-likeness (QED) is 0.499. The van der Waals surface area contributed by atoms with Crippen LogP contribution in [0.25, 0.3) is 10.9 Å². The minimum Gasteiger partial charge on any atom is -0.384 e. The third-order valence-corrected chi connectivity index (χ3v) is 7.52. The average Bonchev–Trinajstić information content (AvgIpc) is 2.73. The van der Waals surface area contributed by atoms with Gasteiger partial charge in [-0.2, -0.15) is 12.7 Å². The van der Waals surface area contributed by atoms with Crippen molar-refractivity contribution in [1.29, 1.82) is 0 Å². The monoisotopic (exact) mass is 515 g/mol. The van der Waals surface area contributed by atoms with Crippen molar-refractivity contribution in [2.45, 2.75) is 0 Å². The maximum Gasteiger partial charge on any atom is 0.301 e. The number of methoxy groups -OCH3 is 1. The van der Waals surface area contributed by atoms with Gasteiger partial charge < -0.3 is 14.6 Å². The highest BCUT2D eigenvalue weighted by Gasteiger charge is 2.36. The van der Waals surface area contributed by atoms with E-state index in [-0.39, 0.29) is 44.0 Å². The summed E-state index contributed by atoms with van der Waals surface area (Å²) in [5.74, 6) is -0.618. The van der Waals surface area contributed by atoms with Crippen LogP contribution in [0.3, 0.4) is 0 Å². The van der Waals surface area contributed by atoms with Gasteiger partial charge in [-0.15, -0.1) is 0 Å². The Hall–Kier alpha value is -2.44. The number of hydrogen-bond donors (Lipinski definition) is 2. The van der Waals surface area contributed by atoms with Gasteiger partial charge in [-0.25, -0.2) is 9.37 Å². The Kier molecular flexibility index (Phi) is 6.52. The number of fused-ring (bicyclic) bond motifs is 1. The second-order valence-corrected chi connectivity index (χ2v) is 10.1. The summed E-state index contributed by atoms with van der Waals surface area (Å²) in [5.41, 5.74) is 0.0104. The summed E-state index contributed by atoms with van der Waals surface area (Å²) in [6, 6.07) is 5.39. The Morgan fingerprint density at radius 3 is 2.58 bits per heavy atom. The first-order valence-electron chi connectivity index (χ1n) is 9.78. The molecule has 3 aromatic rings. The van der Waals surface area contributed by atoms with Crippen LogP contribution in [0.4, 0.5) is 21.5 Å². The van der Waals surface area contributed by atoms with Gasteiger partial charge in [0.1, 0.15) is 5.82 Å². The predicted molar refractivity (Wildman–Crippen MR) is 126 cm³/mol. The van der Waals surface area contributed by atoms with E-state index >= 15 is 0 Å². The molecule has 1 aliphatic heterocycles. The minimum absolute atomic E-state index is 0.00903. The topological polar surface area (TPSA) is 106 Å². The number of anilines is 3. The maximum absolute atomic E-state index is 14.6. The first-order chi connectivity index (χ1) is 15.6. The van der Waals surface area contributed by atoms with Crippen LogP contribution in [0.1, 0.15) is 0 Å². The zero-order valence-electron chi connectivity index (χ0n) is 17.6. The van der Waals surface area contributed by atoms with Crippen molar-refractivity contribution in [2.75, 3.05) is 36.8 Å². The fourth-order valence-corrected chi connectivity index (χ4v) is 5.48. The highest BCUT2D eigenvalue weighted by molar-refractivity contribution is 7.90. The van der Waals surface area contributed by atoms with Gasteiger partial charge in [-0.05, 0) is 24.3 Å². The molecule has 9 nitrogen and oxygen atoms in total. The van der Waals surface area contributed by atoms with E-state index in [0.717, 1.165) is 6.07 Å². The molecule has 176 valence electrons. The van der Waals surface area contributed by atoms with E-state index < -0.39 is 16.0 Å². The highest BCUT2D eigenvalue weighted by Crippen LogP contribution is 2.38. The first-order valence-corrected chi connectivity index (χ1v) is 12.0. The molecule has 1 fully saturated rings. The Morgan fingerprint density at radius 2 is 1.88 bits per heavy atom. The van der Waals surface area contributed by atoms with Crippen LogP contribution in [-0.4, -0.2) is 49.1 Å². The standard InChI is InChI=1S/C20H20Cl2FN5O4S/c1-27-10-24-13-5-6-14(17(21)16(13)20(27)29)25-19-12(23)3-4-15(18(19)22)26-33(30,31)28-7-11(8-28)9-32-2/h3-6,10-11,25-26H,7-9H2,1-2H3. The lowest BCUT2D eigenvalue weighted by Crippen LogP contribution is -2.53. The molecule has 2 heterocycles. The van der Waals surface area contributed by atoms with Gasteiger partial charge in [-0.3, -0.25) is 9.52 Å². The Morgan fingerprint density at radius 1 is 1.18 bits per heavy atom. The van der Waals surface area contributed by atoms with Gasteiger partial charge in [0.15, 0.2) is 0 Å². The minimum atomic E-state index is -3.89. The number of aromatic nitrogens is 2. The summed E-state index contributed by atoms with van der Waals surface area (Å²) in [4.78, 5) is 16.6. The molecule has 0 aliphatic carbocycles. The van der Waals surface area contributed by atoms with Gasteiger partial charge in [0.2, 0.25) is 0 Å². The second-order valence-electron chi connectivity index (χ2n) is 7.64. The molecule has 2 aromatic carbocycles. The Labute approximate surface area is 199 Å². The van der Waals surface area contributed by atoms with Crippen molar-refractivity contribution in [1.82, 2.24) is 13.9 Å². The molecule has 4 rings (SSSR count). The maximum atomic E-state index is 14.6. The SMILES string of the molecule is COCC1CN(S(=O)(=O)Nc2ccc(F)c(Nc3ccc4ncn(C)c(=O)c4c3Cl)c2Cl)C1. The molecule has 2 N–H and O–H groups in total. The summed E-state index contributed by atoms with van der Waals surface area (Å²) < 4.78 is 49.9. The molecule has 0 atom stereocenters. The molecule has 0 bridgehead atoms. The van der Waals surface area contributed by atoms with Crippen LogP contribution in [0.15, 0.2) is 35.4 Å². The molecule has 1 aliphatic rings. The summed E-state index contributed by atoms with van der Waals surface area (Å²) in [6.45, 7) is 1.08. The van der Waals surface area contributed by atoms with Crippen molar-refractivity contribution >= 4 is 61.4 Å². The third kappa shape index (κ3) is 4.51. The summed E-state index contributed by atoms with van der Waals surface area (Å²) in [7, 11) is -0.797. The van der Waals surface area contributed by atoms with Gasteiger partial charge in [0.25, 0.3) is 5.56 Å². The molecule has 33 heavy (non-hydrogen) atoms. The second kappa shape index (κ2) is 9.07. The van der Waals surface area contributed by atoms with E-state index in [4.69, 9.17) is 27.9 Å². The molecular weight excluding hydrogens is 496 g/mol. The lowest BCUT2D eigenvalue weighted by Gasteiger charge is -2.37. The highest BCUT2D eigenvalue weighted by atomic mass is 35.5. The van der Waals surface area contributed by atoms with E-state index in [1.807, 2.05) is 0 Å². The Balaban J connectivity index is 1.64. The number of ether oxygens (including phenoxy) is 1. The lowest BCUT2D eigenvalue weighted by atomic mass is 10.1. The number of rotatable bonds is 7. The number of aryl methyl sites for hydroxylation is 1. The molecule has 0 spiro atoms. The molecule has 0 unspecified atom stereocenters. The van der Waals surface area contributed by atoms with Crippen molar-refractivity contribution in [3.05, 3.63) is 56.8 Å². The van der Waals surface area contributed by atoms with Crippen LogP contribution in [0.5, 0.6) is 0 Å². The van der Waals surface area contributed by atoms with Gasteiger partial charge in [0.05, 0.1) is 50.9 Å². The van der Waals surface area contributed by atoms with E-state index in [1.54, 1.807) is 13.2 Å². The zero-order chi connectivity index (χ0) is 23.9. The number of nitrogens with zero attached hydrogens (tertiary/aromatic N) is 3. The van der Waals surface area contributed by atoms with Crippen LogP contribution in [-0.2, 0) is 22.0 Å². The zero-order valence-corrected chi connectivity index (χ0v) is 19.9. The third-order valence-electron chi connectivity index (χ3n) is 5.28. The first kappa shape index (κ1) is 23.7. The van der Waals surface area contributed by atoms with E-state index in [1.165, 1.54) is 34.4 Å². The van der Waals surface area contributed by atoms with E-state index in [0.29, 0.717) is 25.2 Å². The Bertz CT molecular complexity index is 1390. The van der Waals surface area contributed by atoms with Gasteiger partial charge in [0, 0.05) is 33.2 Å². The van der Waals surface area contributed by atoms with Crippen molar-refractivity contribution in [2.24, 2.45) is 13.0 Å². The number of hydrogen-bond acceptors (Lipinski definition) is 6. The smallest absolute Gasteiger partial charge is 0.301 e. The molecule has 1 aromatic heterocycles. The van der Waals surface area contributed by atoms with Gasteiger partial charge in [-0.1, -0.05) is 23.2 Å². The molecule has 0 radical (unpaired) electrons. The molecule has 0 saturated carbocycles. The van der Waals surface area contributed by atoms with Crippen LogP contribution in [0, 0.1) is 11.7 Å². The summed E-state index contributed by atoms with van der Waals surface area (Å²) in [5, 5.41) is 2.77. The van der Waals surface area contributed by atoms with Crippen LogP contribution >= 0.6 is 23.2 Å². The van der Waals surface area contributed by atoms with E-state index in [9.17, 15) is 17.6 Å². The lowest BCUT2D eigenvalue weighted by molar-refractivity contribution is 0.0825. The van der Waals surface area contributed by atoms with Crippen LogP contribution < -0.4 is 15.6 Å². The van der Waals surface area contributed by atoms with Crippen molar-refractivity contribution in [3.8, 4) is 0 Å². The largest absolute Gasteiger partial charge is 0.384 e. The predicted octanol–water partition coefficient (Wildman–Crippen LogP) is 3.36. The number of halogens is 3. The number of nitrogens with one attached hydrogen (secondary N) is 2. The summed E-state index contributed by atoms with van der Waals surface area (Å²) in [6.07, 6.45) is 1.37. The van der Waals surface area contributed by atoms with Crippen molar-refractivity contribution in [3.63, 3.8) is 0 Å². The molecule has 0 amide bonds.